The van der Waals surface area contributed by atoms with Crippen molar-refractivity contribution in [1.29, 1.82) is 0 Å². The van der Waals surface area contributed by atoms with Crippen molar-refractivity contribution < 1.29 is 9.47 Å². The Morgan fingerprint density at radius 2 is 1.84 bits per heavy atom. The lowest BCUT2D eigenvalue weighted by atomic mass is 9.87. The van der Waals surface area contributed by atoms with Gasteiger partial charge in [-0.15, -0.1) is 0 Å². The van der Waals surface area contributed by atoms with Crippen LogP contribution in [0.25, 0.3) is 11.1 Å². The van der Waals surface area contributed by atoms with Crippen molar-refractivity contribution in [3.63, 3.8) is 0 Å². The van der Waals surface area contributed by atoms with Gasteiger partial charge < -0.3 is 25.0 Å². The predicted molar refractivity (Wildman–Crippen MR) is 127 cm³/mol. The first-order valence-corrected chi connectivity index (χ1v) is 12.1. The highest BCUT2D eigenvalue weighted by atomic mass is 16.5. The zero-order valence-corrected chi connectivity index (χ0v) is 19.1. The number of hydrogen-bond donors (Lipinski definition) is 2. The third-order valence-electron chi connectivity index (χ3n) is 6.98. The van der Waals surface area contributed by atoms with Gasteiger partial charge in [0.25, 0.3) is 0 Å². The van der Waals surface area contributed by atoms with Crippen molar-refractivity contribution in [3.05, 3.63) is 30.5 Å². The van der Waals surface area contributed by atoms with Gasteiger partial charge in [-0.25, -0.2) is 4.98 Å². The molecule has 0 amide bonds. The van der Waals surface area contributed by atoms with Crippen molar-refractivity contribution in [1.82, 2.24) is 15.3 Å². The molecule has 7 heteroatoms. The summed E-state index contributed by atoms with van der Waals surface area (Å²) in [4.78, 5) is 11.8. The first-order chi connectivity index (χ1) is 15.7. The van der Waals surface area contributed by atoms with E-state index in [1.54, 1.807) is 0 Å². The fourth-order valence-electron chi connectivity index (χ4n) is 4.67. The van der Waals surface area contributed by atoms with Crippen LogP contribution in [0.5, 0.6) is 5.88 Å². The lowest BCUT2D eigenvalue weighted by Gasteiger charge is -2.29. The van der Waals surface area contributed by atoms with Crippen molar-refractivity contribution in [2.75, 3.05) is 56.2 Å². The summed E-state index contributed by atoms with van der Waals surface area (Å²) in [7, 11) is 0. The smallest absolute Gasteiger partial charge is 0.226 e. The molecule has 0 bridgehead atoms. The summed E-state index contributed by atoms with van der Waals surface area (Å²) in [6.45, 7) is 8.51. The minimum absolute atomic E-state index is 0.452. The standard InChI is InChI=1S/C25H35N5O2/c1-18-2-6-21(7-3-18)28-25-27-16-23(24(29-25)32-17-19-14-26-15-19)20-4-8-22(9-5-20)30-10-12-31-13-11-30/h4-5,8-9,16,18-19,21,26H,2-3,6-7,10-15,17H2,1H3,(H,27,28,29)/t18-,21+. The van der Waals surface area contributed by atoms with E-state index in [9.17, 15) is 0 Å². The highest BCUT2D eigenvalue weighted by Crippen LogP contribution is 2.32. The molecule has 2 aromatic rings. The number of ether oxygens (including phenoxy) is 2. The zero-order valence-electron chi connectivity index (χ0n) is 19.1. The number of benzene rings is 1. The topological polar surface area (TPSA) is 71.5 Å². The summed E-state index contributed by atoms with van der Waals surface area (Å²) >= 11 is 0. The van der Waals surface area contributed by atoms with E-state index in [0.717, 1.165) is 56.4 Å². The van der Waals surface area contributed by atoms with Gasteiger partial charge in [0.15, 0.2) is 0 Å². The summed E-state index contributed by atoms with van der Waals surface area (Å²) in [6.07, 6.45) is 6.81. The van der Waals surface area contributed by atoms with Crippen LogP contribution in [0.3, 0.4) is 0 Å². The molecule has 2 aliphatic heterocycles. The van der Waals surface area contributed by atoms with Crippen LogP contribution < -0.4 is 20.3 Å². The van der Waals surface area contributed by atoms with E-state index in [1.807, 2.05) is 6.20 Å². The molecule has 7 nitrogen and oxygen atoms in total. The molecule has 1 aromatic heterocycles. The fraction of sp³-hybridized carbons (Fsp3) is 0.600. The molecule has 0 radical (unpaired) electrons. The van der Waals surface area contributed by atoms with E-state index in [1.165, 1.54) is 31.4 Å². The second kappa shape index (κ2) is 10.0. The van der Waals surface area contributed by atoms with Crippen molar-refractivity contribution in [2.24, 2.45) is 11.8 Å². The normalized spacial score (nSPS) is 24.1. The highest BCUT2D eigenvalue weighted by molar-refractivity contribution is 5.70. The van der Waals surface area contributed by atoms with E-state index in [-0.39, 0.29) is 0 Å². The molecule has 172 valence electrons. The monoisotopic (exact) mass is 437 g/mol. The molecule has 2 saturated heterocycles. The summed E-state index contributed by atoms with van der Waals surface area (Å²) in [6, 6.07) is 9.10. The maximum Gasteiger partial charge on any atom is 0.226 e. The molecular weight excluding hydrogens is 402 g/mol. The van der Waals surface area contributed by atoms with Gasteiger partial charge in [-0.3, -0.25) is 0 Å². The van der Waals surface area contributed by atoms with Crippen molar-refractivity contribution >= 4 is 11.6 Å². The lowest BCUT2D eigenvalue weighted by Crippen LogP contribution is -2.45. The number of nitrogens with one attached hydrogen (secondary N) is 2. The van der Waals surface area contributed by atoms with Gasteiger partial charge in [0.05, 0.1) is 25.4 Å². The second-order valence-electron chi connectivity index (χ2n) is 9.50. The summed E-state index contributed by atoms with van der Waals surface area (Å²) < 4.78 is 11.7. The van der Waals surface area contributed by atoms with Crippen LogP contribution in [0.4, 0.5) is 11.6 Å². The minimum atomic E-state index is 0.452. The molecule has 3 heterocycles. The molecule has 3 aliphatic rings. The quantitative estimate of drug-likeness (QED) is 0.686. The van der Waals surface area contributed by atoms with Gasteiger partial charge in [0.1, 0.15) is 0 Å². The molecule has 0 unspecified atom stereocenters. The van der Waals surface area contributed by atoms with Gasteiger partial charge in [-0.1, -0.05) is 19.1 Å². The van der Waals surface area contributed by atoms with Crippen LogP contribution in [0.1, 0.15) is 32.6 Å². The number of hydrogen-bond acceptors (Lipinski definition) is 7. The SMILES string of the molecule is C[C@H]1CC[C@@H](Nc2ncc(-c3ccc(N4CCOCC4)cc3)c(OCC3CNC3)n2)CC1. The largest absolute Gasteiger partial charge is 0.477 e. The summed E-state index contributed by atoms with van der Waals surface area (Å²) in [5.41, 5.74) is 3.27. The van der Waals surface area contributed by atoms with Gasteiger partial charge in [0, 0.05) is 50.0 Å². The van der Waals surface area contributed by atoms with Crippen LogP contribution in [0.15, 0.2) is 30.5 Å². The summed E-state index contributed by atoms with van der Waals surface area (Å²) in [5, 5.41) is 6.87. The molecule has 32 heavy (non-hydrogen) atoms. The maximum atomic E-state index is 6.23. The Hall–Kier alpha value is -2.38. The average molecular weight is 438 g/mol. The number of nitrogens with zero attached hydrogens (tertiary/aromatic N) is 3. The first-order valence-electron chi connectivity index (χ1n) is 12.1. The van der Waals surface area contributed by atoms with Crippen LogP contribution in [-0.2, 0) is 4.74 Å². The van der Waals surface area contributed by atoms with Crippen LogP contribution >= 0.6 is 0 Å². The molecule has 1 aromatic carbocycles. The Bertz CT molecular complexity index is 872. The Kier molecular flexibility index (Phi) is 6.74. The number of aromatic nitrogens is 2. The average Bonchev–Trinajstić information content (AvgIpc) is 2.81. The van der Waals surface area contributed by atoms with Gasteiger partial charge in [0.2, 0.25) is 11.8 Å². The van der Waals surface area contributed by atoms with Crippen molar-refractivity contribution in [3.8, 4) is 17.0 Å². The zero-order chi connectivity index (χ0) is 21.8. The third-order valence-corrected chi connectivity index (χ3v) is 6.98. The lowest BCUT2D eigenvalue weighted by molar-refractivity contribution is 0.122. The van der Waals surface area contributed by atoms with E-state index in [4.69, 9.17) is 14.5 Å². The Balaban J connectivity index is 1.33. The molecule has 0 atom stereocenters. The molecule has 0 spiro atoms. The molecule has 5 rings (SSSR count). The molecule has 3 fully saturated rings. The second-order valence-corrected chi connectivity index (χ2v) is 9.50. The highest BCUT2D eigenvalue weighted by Gasteiger charge is 2.22. The van der Waals surface area contributed by atoms with Crippen LogP contribution in [-0.4, -0.2) is 62.0 Å². The first kappa shape index (κ1) is 21.5. The molecule has 1 saturated carbocycles. The van der Waals surface area contributed by atoms with Gasteiger partial charge in [-0.2, -0.15) is 4.98 Å². The van der Waals surface area contributed by atoms with Gasteiger partial charge >= 0.3 is 0 Å². The van der Waals surface area contributed by atoms with Gasteiger partial charge in [-0.05, 0) is 49.3 Å². The Morgan fingerprint density at radius 1 is 1.09 bits per heavy atom. The van der Waals surface area contributed by atoms with E-state index in [0.29, 0.717) is 30.4 Å². The minimum Gasteiger partial charge on any atom is -0.477 e. The molecule has 1 aliphatic carbocycles. The number of morpholine rings is 1. The Morgan fingerprint density at radius 3 is 2.53 bits per heavy atom. The third kappa shape index (κ3) is 5.15. The molecular formula is C25H35N5O2. The Labute approximate surface area is 190 Å². The van der Waals surface area contributed by atoms with E-state index < -0.39 is 0 Å². The van der Waals surface area contributed by atoms with Crippen molar-refractivity contribution in [2.45, 2.75) is 38.6 Å². The predicted octanol–water partition coefficient (Wildman–Crippen LogP) is 3.57. The summed E-state index contributed by atoms with van der Waals surface area (Å²) in [5.74, 6) is 2.74. The number of anilines is 2. The fourth-order valence-corrected chi connectivity index (χ4v) is 4.67. The van der Waals surface area contributed by atoms with E-state index >= 15 is 0 Å². The number of rotatable bonds is 7. The maximum absolute atomic E-state index is 6.23. The molecule has 2 N–H and O–H groups in total. The van der Waals surface area contributed by atoms with Crippen LogP contribution in [0.2, 0.25) is 0 Å². The van der Waals surface area contributed by atoms with E-state index in [2.05, 4.69) is 51.7 Å². The van der Waals surface area contributed by atoms with Crippen LogP contribution in [0, 0.1) is 11.8 Å².